The van der Waals surface area contributed by atoms with Crippen LogP contribution >= 0.6 is 0 Å². The maximum Gasteiger partial charge on any atom is 0.328 e. The van der Waals surface area contributed by atoms with Crippen LogP contribution in [0.25, 0.3) is 0 Å². The Kier molecular flexibility index (Phi) is 5.73. The molecule has 1 aliphatic heterocycles. The van der Waals surface area contributed by atoms with Crippen LogP contribution in [0.2, 0.25) is 0 Å². The quantitative estimate of drug-likeness (QED) is 0.746. The second-order valence-electron chi connectivity index (χ2n) is 5.58. The van der Waals surface area contributed by atoms with Crippen LogP contribution in [0, 0.1) is 0 Å². The molecule has 1 amide bonds. The number of rotatable bonds is 6. The number of esters is 2. The molecule has 23 heavy (non-hydrogen) atoms. The van der Waals surface area contributed by atoms with Crippen molar-refractivity contribution in [3.05, 3.63) is 35.9 Å². The van der Waals surface area contributed by atoms with E-state index in [1.54, 1.807) is 6.92 Å². The number of carbonyl (C=O) groups excluding carboxylic acids is 3. The summed E-state index contributed by atoms with van der Waals surface area (Å²) < 4.78 is 9.95. The van der Waals surface area contributed by atoms with Crippen molar-refractivity contribution in [3.63, 3.8) is 0 Å². The molecule has 0 saturated carbocycles. The van der Waals surface area contributed by atoms with Gasteiger partial charge in [0, 0.05) is 12.5 Å². The number of hydrogen-bond acceptors (Lipinski definition) is 5. The summed E-state index contributed by atoms with van der Waals surface area (Å²) in [6.45, 7) is 1.93. The summed E-state index contributed by atoms with van der Waals surface area (Å²) in [4.78, 5) is 37.1. The number of nitrogens with zero attached hydrogens (tertiary/aromatic N) is 1. The molecule has 1 aromatic carbocycles. The molecule has 2 unspecified atom stereocenters. The fourth-order valence-corrected chi connectivity index (χ4v) is 2.76. The van der Waals surface area contributed by atoms with E-state index in [2.05, 4.69) is 0 Å². The van der Waals surface area contributed by atoms with Crippen molar-refractivity contribution in [2.24, 2.45) is 0 Å². The Morgan fingerprint density at radius 1 is 1.30 bits per heavy atom. The van der Waals surface area contributed by atoms with Gasteiger partial charge in [0.05, 0.1) is 13.5 Å². The normalized spacial score (nSPS) is 18.6. The lowest BCUT2D eigenvalue weighted by Gasteiger charge is -2.28. The summed E-state index contributed by atoms with van der Waals surface area (Å²) in [5.41, 5.74) is 0.901. The minimum atomic E-state index is -0.607. The van der Waals surface area contributed by atoms with Gasteiger partial charge in [0.2, 0.25) is 5.91 Å². The molecule has 124 valence electrons. The Morgan fingerprint density at radius 2 is 2.00 bits per heavy atom. The van der Waals surface area contributed by atoms with E-state index >= 15 is 0 Å². The first kappa shape index (κ1) is 17.0. The monoisotopic (exact) mass is 319 g/mol. The van der Waals surface area contributed by atoms with Crippen LogP contribution in [0.3, 0.4) is 0 Å². The highest BCUT2D eigenvalue weighted by molar-refractivity contribution is 5.88. The van der Waals surface area contributed by atoms with Crippen molar-refractivity contribution in [1.82, 2.24) is 4.90 Å². The third kappa shape index (κ3) is 4.31. The zero-order valence-corrected chi connectivity index (χ0v) is 13.4. The van der Waals surface area contributed by atoms with Gasteiger partial charge in [0.1, 0.15) is 12.6 Å². The molecular weight excluding hydrogens is 298 g/mol. The zero-order chi connectivity index (χ0) is 16.8. The number of amides is 1. The Hall–Kier alpha value is -2.37. The number of methoxy groups -OCH3 is 1. The second kappa shape index (κ2) is 7.76. The van der Waals surface area contributed by atoms with Gasteiger partial charge in [-0.1, -0.05) is 30.3 Å². The van der Waals surface area contributed by atoms with Crippen LogP contribution in [0.5, 0.6) is 0 Å². The first-order chi connectivity index (χ1) is 11.0. The Balaban J connectivity index is 1.89. The van der Waals surface area contributed by atoms with Crippen LogP contribution in [-0.2, 0) is 30.5 Å². The van der Waals surface area contributed by atoms with E-state index in [9.17, 15) is 14.4 Å². The molecule has 6 heteroatoms. The first-order valence-electron chi connectivity index (χ1n) is 7.61. The van der Waals surface area contributed by atoms with E-state index in [1.807, 2.05) is 30.3 Å². The molecule has 2 rings (SSSR count). The summed E-state index contributed by atoms with van der Waals surface area (Å²) in [5, 5.41) is 0. The predicted octanol–water partition coefficient (Wildman–Crippen LogP) is 1.67. The van der Waals surface area contributed by atoms with E-state index in [0.717, 1.165) is 5.56 Å². The van der Waals surface area contributed by atoms with E-state index in [0.29, 0.717) is 12.8 Å². The van der Waals surface area contributed by atoms with Crippen LogP contribution < -0.4 is 0 Å². The fourth-order valence-electron chi connectivity index (χ4n) is 2.76. The molecular formula is C17H21NO5. The van der Waals surface area contributed by atoms with Gasteiger partial charge in [-0.15, -0.1) is 0 Å². The third-order valence-electron chi connectivity index (χ3n) is 3.91. The third-order valence-corrected chi connectivity index (χ3v) is 3.91. The van der Waals surface area contributed by atoms with Gasteiger partial charge in [0.15, 0.2) is 0 Å². The van der Waals surface area contributed by atoms with Gasteiger partial charge in [-0.2, -0.15) is 0 Å². The van der Waals surface area contributed by atoms with Crippen molar-refractivity contribution in [1.29, 1.82) is 0 Å². The molecule has 1 fully saturated rings. The van der Waals surface area contributed by atoms with Crippen LogP contribution in [0.1, 0.15) is 31.7 Å². The molecule has 0 spiro atoms. The van der Waals surface area contributed by atoms with Crippen molar-refractivity contribution in [3.8, 4) is 0 Å². The SMILES string of the molecule is COC(=O)C1CCC(=O)N1C(C)CC(=O)OCc1ccccc1. The fraction of sp³-hybridized carbons (Fsp3) is 0.471. The summed E-state index contributed by atoms with van der Waals surface area (Å²) in [6, 6.07) is 8.36. The highest BCUT2D eigenvalue weighted by atomic mass is 16.5. The van der Waals surface area contributed by atoms with Crippen molar-refractivity contribution >= 4 is 17.8 Å². The van der Waals surface area contributed by atoms with Crippen LogP contribution in [0.4, 0.5) is 0 Å². The number of ether oxygens (including phenoxy) is 2. The maximum atomic E-state index is 12.0. The second-order valence-corrected chi connectivity index (χ2v) is 5.58. The zero-order valence-electron chi connectivity index (χ0n) is 13.4. The molecule has 0 bridgehead atoms. The molecule has 1 saturated heterocycles. The van der Waals surface area contributed by atoms with Crippen LogP contribution in [-0.4, -0.2) is 41.9 Å². The molecule has 0 N–H and O–H groups in total. The lowest BCUT2D eigenvalue weighted by atomic mass is 10.1. The van der Waals surface area contributed by atoms with Crippen molar-refractivity contribution < 1.29 is 23.9 Å². The minimum absolute atomic E-state index is 0.0477. The van der Waals surface area contributed by atoms with E-state index in [-0.39, 0.29) is 18.9 Å². The molecule has 0 radical (unpaired) electrons. The molecule has 2 atom stereocenters. The Morgan fingerprint density at radius 3 is 2.65 bits per heavy atom. The lowest BCUT2D eigenvalue weighted by molar-refractivity contribution is -0.153. The molecule has 1 aliphatic rings. The van der Waals surface area contributed by atoms with E-state index in [4.69, 9.17) is 9.47 Å². The Bertz CT molecular complexity index is 572. The lowest BCUT2D eigenvalue weighted by Crippen LogP contribution is -2.45. The summed E-state index contributed by atoms with van der Waals surface area (Å²) in [6.07, 6.45) is 0.768. The van der Waals surface area contributed by atoms with Gasteiger partial charge in [-0.05, 0) is 18.9 Å². The smallest absolute Gasteiger partial charge is 0.328 e. The van der Waals surface area contributed by atoms with Gasteiger partial charge in [0.25, 0.3) is 0 Å². The van der Waals surface area contributed by atoms with Crippen molar-refractivity contribution in [2.75, 3.05) is 7.11 Å². The average molecular weight is 319 g/mol. The molecule has 0 aromatic heterocycles. The standard InChI is InChI=1S/C17H21NO5/c1-12(18-14(17(21)22-2)8-9-15(18)19)10-16(20)23-11-13-6-4-3-5-7-13/h3-7,12,14H,8-11H2,1-2H3. The number of carbonyl (C=O) groups is 3. The molecule has 6 nitrogen and oxygen atoms in total. The number of likely N-dealkylation sites (tertiary alicyclic amines) is 1. The highest BCUT2D eigenvalue weighted by Crippen LogP contribution is 2.24. The molecule has 0 aliphatic carbocycles. The maximum absolute atomic E-state index is 12.0. The largest absolute Gasteiger partial charge is 0.467 e. The van der Waals surface area contributed by atoms with E-state index in [1.165, 1.54) is 12.0 Å². The summed E-state index contributed by atoms with van der Waals surface area (Å²) in [5.74, 6) is -0.978. The molecule has 1 heterocycles. The Labute approximate surface area is 135 Å². The molecule has 1 aromatic rings. The predicted molar refractivity (Wildman–Crippen MR) is 82.2 cm³/mol. The summed E-state index contributed by atoms with van der Waals surface area (Å²) in [7, 11) is 1.29. The van der Waals surface area contributed by atoms with Crippen molar-refractivity contribution in [2.45, 2.75) is 44.9 Å². The van der Waals surface area contributed by atoms with Gasteiger partial charge in [-0.25, -0.2) is 4.79 Å². The van der Waals surface area contributed by atoms with Gasteiger partial charge < -0.3 is 14.4 Å². The van der Waals surface area contributed by atoms with E-state index < -0.39 is 24.0 Å². The number of benzene rings is 1. The first-order valence-corrected chi connectivity index (χ1v) is 7.61. The highest BCUT2D eigenvalue weighted by Gasteiger charge is 2.40. The number of hydrogen-bond donors (Lipinski definition) is 0. The topological polar surface area (TPSA) is 72.9 Å². The van der Waals surface area contributed by atoms with Crippen LogP contribution in [0.15, 0.2) is 30.3 Å². The van der Waals surface area contributed by atoms with Gasteiger partial charge >= 0.3 is 11.9 Å². The average Bonchev–Trinajstić information content (AvgIpc) is 2.95. The van der Waals surface area contributed by atoms with Gasteiger partial charge in [-0.3, -0.25) is 9.59 Å². The summed E-state index contributed by atoms with van der Waals surface area (Å²) >= 11 is 0. The minimum Gasteiger partial charge on any atom is -0.467 e.